The summed E-state index contributed by atoms with van der Waals surface area (Å²) < 4.78 is 6.82. The lowest BCUT2D eigenvalue weighted by Crippen LogP contribution is -2.38. The van der Waals surface area contributed by atoms with Crippen LogP contribution < -0.4 is 0 Å². The van der Waals surface area contributed by atoms with Gasteiger partial charge in [0.25, 0.3) is 5.91 Å². The second-order valence-electron chi connectivity index (χ2n) is 6.20. The van der Waals surface area contributed by atoms with Crippen LogP contribution >= 0.6 is 0 Å². The van der Waals surface area contributed by atoms with Gasteiger partial charge in [-0.05, 0) is 37.1 Å². The highest BCUT2D eigenvalue weighted by atomic mass is 16.5. The molecule has 1 aliphatic carbocycles. The number of hydrogen-bond donors (Lipinski definition) is 0. The molecule has 2 aromatic rings. The van der Waals surface area contributed by atoms with Gasteiger partial charge in [-0.15, -0.1) is 10.2 Å². The van der Waals surface area contributed by atoms with E-state index < -0.39 is 5.97 Å². The fraction of sp³-hybridized carbons (Fsp3) is 0.412. The van der Waals surface area contributed by atoms with E-state index >= 15 is 0 Å². The molecule has 2 heterocycles. The third-order valence-electron chi connectivity index (χ3n) is 4.56. The van der Waals surface area contributed by atoms with Gasteiger partial charge < -0.3 is 14.2 Å². The summed E-state index contributed by atoms with van der Waals surface area (Å²) in [5, 5.41) is 8.54. The molecule has 7 nitrogen and oxygen atoms in total. The van der Waals surface area contributed by atoms with Crippen LogP contribution in [0.3, 0.4) is 0 Å². The number of benzene rings is 1. The van der Waals surface area contributed by atoms with Crippen LogP contribution in [0.25, 0.3) is 0 Å². The summed E-state index contributed by atoms with van der Waals surface area (Å²) in [7, 11) is 1.33. The van der Waals surface area contributed by atoms with E-state index in [9.17, 15) is 9.59 Å². The molecule has 2 aliphatic rings. The molecule has 1 saturated carbocycles. The number of ether oxygens (including phenoxy) is 1. The highest BCUT2D eigenvalue weighted by Crippen LogP contribution is 2.39. The van der Waals surface area contributed by atoms with Crippen molar-refractivity contribution in [2.75, 3.05) is 13.7 Å². The van der Waals surface area contributed by atoms with Crippen molar-refractivity contribution in [2.24, 2.45) is 0 Å². The number of amides is 1. The molecule has 1 amide bonds. The van der Waals surface area contributed by atoms with E-state index in [0.717, 1.165) is 18.2 Å². The molecule has 1 aromatic heterocycles. The smallest absolute Gasteiger partial charge is 0.337 e. The zero-order valence-corrected chi connectivity index (χ0v) is 13.4. The first kappa shape index (κ1) is 14.9. The molecule has 0 atom stereocenters. The van der Waals surface area contributed by atoms with Crippen molar-refractivity contribution in [3.63, 3.8) is 0 Å². The summed E-state index contributed by atoms with van der Waals surface area (Å²) in [5.74, 6) is 2.00. The molecule has 0 bridgehead atoms. The van der Waals surface area contributed by atoms with Gasteiger partial charge in [-0.3, -0.25) is 4.79 Å². The minimum Gasteiger partial charge on any atom is -0.465 e. The Morgan fingerprint density at radius 1 is 1.08 bits per heavy atom. The maximum Gasteiger partial charge on any atom is 0.337 e. The van der Waals surface area contributed by atoms with Crippen molar-refractivity contribution in [2.45, 2.75) is 31.8 Å². The predicted octanol–water partition coefficient (Wildman–Crippen LogP) is 1.60. The number of rotatable bonds is 3. The molecule has 1 fully saturated rings. The van der Waals surface area contributed by atoms with Crippen LogP contribution in [0.5, 0.6) is 0 Å². The lowest BCUT2D eigenvalue weighted by molar-refractivity contribution is 0.0599. The second kappa shape index (κ2) is 5.74. The van der Waals surface area contributed by atoms with Gasteiger partial charge in [-0.25, -0.2) is 4.79 Å². The molecule has 124 valence electrons. The number of hydrogen-bond acceptors (Lipinski definition) is 5. The normalized spacial score (nSPS) is 16.6. The van der Waals surface area contributed by atoms with Gasteiger partial charge in [-0.2, -0.15) is 0 Å². The highest BCUT2D eigenvalue weighted by molar-refractivity contribution is 5.96. The van der Waals surface area contributed by atoms with E-state index in [2.05, 4.69) is 19.5 Å². The van der Waals surface area contributed by atoms with Crippen molar-refractivity contribution >= 4 is 11.9 Å². The van der Waals surface area contributed by atoms with Crippen LogP contribution in [0, 0.1) is 0 Å². The average molecular weight is 326 g/mol. The lowest BCUT2D eigenvalue weighted by atomic mass is 10.1. The minimum atomic E-state index is -0.410. The monoisotopic (exact) mass is 326 g/mol. The van der Waals surface area contributed by atoms with Crippen LogP contribution in [0.15, 0.2) is 24.3 Å². The summed E-state index contributed by atoms with van der Waals surface area (Å²) in [6, 6.07) is 6.53. The largest absolute Gasteiger partial charge is 0.465 e. The maximum absolute atomic E-state index is 12.7. The van der Waals surface area contributed by atoms with Gasteiger partial charge in [0, 0.05) is 24.6 Å². The molecule has 0 saturated heterocycles. The standard InChI is InChI=1S/C17H18N4O3/c1-24-17(23)13-6-4-12(5-7-13)16(22)20-8-9-21-14(10-20)18-19-15(21)11-2-3-11/h4-7,11H,2-3,8-10H2,1H3. The summed E-state index contributed by atoms with van der Waals surface area (Å²) >= 11 is 0. The molecule has 4 rings (SSSR count). The van der Waals surface area contributed by atoms with Crippen molar-refractivity contribution in [3.05, 3.63) is 47.0 Å². The molecular formula is C17H18N4O3. The van der Waals surface area contributed by atoms with E-state index in [1.807, 2.05) is 0 Å². The SMILES string of the molecule is COC(=O)c1ccc(C(=O)N2CCn3c(nnc3C3CC3)C2)cc1. The Kier molecular flexibility index (Phi) is 3.55. The van der Waals surface area contributed by atoms with Crippen molar-refractivity contribution in [1.82, 2.24) is 19.7 Å². The molecule has 0 N–H and O–H groups in total. The summed E-state index contributed by atoms with van der Waals surface area (Å²) in [5.41, 5.74) is 0.986. The lowest BCUT2D eigenvalue weighted by Gasteiger charge is -2.28. The summed E-state index contributed by atoms with van der Waals surface area (Å²) in [6.07, 6.45) is 2.38. The molecule has 0 spiro atoms. The van der Waals surface area contributed by atoms with Crippen LogP contribution in [-0.4, -0.2) is 45.2 Å². The number of carbonyl (C=O) groups is 2. The quantitative estimate of drug-likeness (QED) is 0.801. The molecular weight excluding hydrogens is 308 g/mol. The third kappa shape index (κ3) is 2.55. The first-order valence-corrected chi connectivity index (χ1v) is 8.07. The number of carbonyl (C=O) groups excluding carboxylic acids is 2. The topological polar surface area (TPSA) is 77.3 Å². The van der Waals surface area contributed by atoms with Gasteiger partial charge >= 0.3 is 5.97 Å². The second-order valence-corrected chi connectivity index (χ2v) is 6.20. The van der Waals surface area contributed by atoms with Gasteiger partial charge in [0.15, 0.2) is 5.82 Å². The van der Waals surface area contributed by atoms with Crippen LogP contribution in [0.1, 0.15) is 51.1 Å². The van der Waals surface area contributed by atoms with Crippen LogP contribution in [-0.2, 0) is 17.8 Å². The molecule has 0 radical (unpaired) electrons. The van der Waals surface area contributed by atoms with Gasteiger partial charge in [0.2, 0.25) is 0 Å². The molecule has 7 heteroatoms. The first-order valence-electron chi connectivity index (χ1n) is 8.07. The van der Waals surface area contributed by atoms with Crippen LogP contribution in [0.4, 0.5) is 0 Å². The predicted molar refractivity (Wildman–Crippen MR) is 84.5 cm³/mol. The Morgan fingerprint density at radius 3 is 2.46 bits per heavy atom. The van der Waals surface area contributed by atoms with E-state index in [1.165, 1.54) is 20.0 Å². The van der Waals surface area contributed by atoms with Crippen LogP contribution in [0.2, 0.25) is 0 Å². The zero-order valence-electron chi connectivity index (χ0n) is 13.4. The van der Waals surface area contributed by atoms with Gasteiger partial charge in [-0.1, -0.05) is 0 Å². The number of methoxy groups -OCH3 is 1. The maximum atomic E-state index is 12.7. The molecule has 1 aromatic carbocycles. The Balaban J connectivity index is 1.49. The van der Waals surface area contributed by atoms with Crippen molar-refractivity contribution < 1.29 is 14.3 Å². The number of nitrogens with zero attached hydrogens (tertiary/aromatic N) is 4. The Hall–Kier alpha value is -2.70. The Bertz CT molecular complexity index is 793. The fourth-order valence-corrected chi connectivity index (χ4v) is 3.05. The summed E-state index contributed by atoms with van der Waals surface area (Å²) in [4.78, 5) is 25.9. The third-order valence-corrected chi connectivity index (χ3v) is 4.56. The summed E-state index contributed by atoms with van der Waals surface area (Å²) in [6.45, 7) is 1.85. The number of esters is 1. The zero-order chi connectivity index (χ0) is 16.7. The van der Waals surface area contributed by atoms with Gasteiger partial charge in [0.05, 0.1) is 19.2 Å². The van der Waals surface area contributed by atoms with E-state index in [4.69, 9.17) is 0 Å². The number of fused-ring (bicyclic) bond motifs is 1. The van der Waals surface area contributed by atoms with E-state index in [1.54, 1.807) is 29.2 Å². The minimum absolute atomic E-state index is 0.0614. The van der Waals surface area contributed by atoms with Crippen molar-refractivity contribution in [1.29, 1.82) is 0 Å². The van der Waals surface area contributed by atoms with E-state index in [0.29, 0.717) is 30.1 Å². The molecule has 1 aliphatic heterocycles. The van der Waals surface area contributed by atoms with Gasteiger partial charge in [0.1, 0.15) is 5.82 Å². The Labute approximate surface area is 139 Å². The molecule has 24 heavy (non-hydrogen) atoms. The highest BCUT2D eigenvalue weighted by Gasteiger charge is 2.33. The average Bonchev–Trinajstić information content (AvgIpc) is 3.39. The van der Waals surface area contributed by atoms with Crippen molar-refractivity contribution in [3.8, 4) is 0 Å². The molecule has 0 unspecified atom stereocenters. The first-order chi connectivity index (χ1) is 11.7. The fourth-order valence-electron chi connectivity index (χ4n) is 3.05. The number of aromatic nitrogens is 3. The van der Waals surface area contributed by atoms with E-state index in [-0.39, 0.29) is 5.91 Å². The Morgan fingerprint density at radius 2 is 1.79 bits per heavy atom.